The molecule has 2 atom stereocenters. The third kappa shape index (κ3) is 13.3. The van der Waals surface area contributed by atoms with Gasteiger partial charge < -0.3 is 26.7 Å². The number of unbranched alkanes of at least 4 members (excludes halogenated alkanes) is 1. The number of nitrogens with two attached hydrogens (primary N) is 2. The molecule has 0 aliphatic rings. The number of carboxylic acids is 1. The van der Waals surface area contributed by atoms with Crippen molar-refractivity contribution in [2.45, 2.75) is 69.2 Å². The molecule has 0 fully saturated rings. The summed E-state index contributed by atoms with van der Waals surface area (Å²) in [7, 11) is -4.06. The first-order valence-corrected chi connectivity index (χ1v) is 13.2. The van der Waals surface area contributed by atoms with Crippen LogP contribution in [0, 0.1) is 10.8 Å². The van der Waals surface area contributed by atoms with E-state index in [4.69, 9.17) is 27.4 Å². The summed E-state index contributed by atoms with van der Waals surface area (Å²) >= 11 is 0. The Labute approximate surface area is 215 Å². The lowest BCUT2D eigenvalue weighted by atomic mass is 10.0. The van der Waals surface area contributed by atoms with Gasteiger partial charge in [-0.15, -0.1) is 0 Å². The highest BCUT2D eigenvalue weighted by Gasteiger charge is 2.26. The van der Waals surface area contributed by atoms with Gasteiger partial charge in [0.25, 0.3) is 0 Å². The molecule has 0 saturated carbocycles. The number of benzene rings is 1. The van der Waals surface area contributed by atoms with Crippen molar-refractivity contribution in [2.75, 3.05) is 0 Å². The Kier molecular flexibility index (Phi) is 13.1. The number of aldehydes is 1. The zero-order valence-electron chi connectivity index (χ0n) is 20.4. The zero-order valence-corrected chi connectivity index (χ0v) is 21.2. The van der Waals surface area contributed by atoms with Gasteiger partial charge in [-0.05, 0) is 24.8 Å². The van der Waals surface area contributed by atoms with Crippen LogP contribution < -0.4 is 21.5 Å². The van der Waals surface area contributed by atoms with E-state index in [9.17, 15) is 27.6 Å². The summed E-state index contributed by atoms with van der Waals surface area (Å²) in [5.41, 5.74) is 11.4. The molecule has 0 aliphatic carbocycles. The average molecular weight is 539 g/mol. The molecule has 1 amide bonds. The van der Waals surface area contributed by atoms with Gasteiger partial charge in [-0.3, -0.25) is 25.2 Å². The Bertz CT molecular complexity index is 1090. The third-order valence-corrected chi connectivity index (χ3v) is 6.66. The van der Waals surface area contributed by atoms with E-state index in [-0.39, 0.29) is 30.9 Å². The maximum Gasteiger partial charge on any atom is 0.303 e. The van der Waals surface area contributed by atoms with E-state index in [0.717, 1.165) is 0 Å². The minimum Gasteiger partial charge on any atom is -0.481 e. The SMILES string of the molecule is N=C(N)CCCCC(C=O)NC(=O)CCC(=O)[C@H](CCC(=O)O)NS(=O)(=O)Cc1ccc(C(=N)N)cc1. The van der Waals surface area contributed by atoms with Crippen LogP contribution in [0.2, 0.25) is 0 Å². The normalized spacial score (nSPS) is 12.8. The summed E-state index contributed by atoms with van der Waals surface area (Å²) < 4.78 is 27.5. The van der Waals surface area contributed by atoms with E-state index in [2.05, 4.69) is 10.0 Å². The Balaban J connectivity index is 2.72. The predicted molar refractivity (Wildman–Crippen MR) is 136 cm³/mol. The Morgan fingerprint density at radius 2 is 1.62 bits per heavy atom. The lowest BCUT2D eigenvalue weighted by Gasteiger charge is -2.18. The number of carbonyl (C=O) groups excluding carboxylic acids is 3. The quantitative estimate of drug-likeness (QED) is 0.0547. The second-order valence-electron chi connectivity index (χ2n) is 8.52. The number of hydrogen-bond acceptors (Lipinski definition) is 8. The number of amidine groups is 2. The van der Waals surface area contributed by atoms with E-state index in [1.165, 1.54) is 24.3 Å². The van der Waals surface area contributed by atoms with E-state index in [0.29, 0.717) is 43.1 Å². The molecule has 1 rings (SSSR count). The summed E-state index contributed by atoms with van der Waals surface area (Å²) in [6.07, 6.45) is 0.989. The Hall–Kier alpha value is -3.65. The van der Waals surface area contributed by atoms with Crippen molar-refractivity contribution in [1.82, 2.24) is 10.0 Å². The molecule has 204 valence electrons. The van der Waals surface area contributed by atoms with Crippen LogP contribution in [0.25, 0.3) is 0 Å². The molecule has 37 heavy (non-hydrogen) atoms. The number of carboxylic acid groups (broad SMARTS) is 1. The van der Waals surface area contributed by atoms with E-state index >= 15 is 0 Å². The van der Waals surface area contributed by atoms with Crippen molar-refractivity contribution in [1.29, 1.82) is 10.8 Å². The summed E-state index contributed by atoms with van der Waals surface area (Å²) in [4.78, 5) is 47.1. The van der Waals surface area contributed by atoms with Crippen molar-refractivity contribution in [3.63, 3.8) is 0 Å². The number of amides is 1. The van der Waals surface area contributed by atoms with E-state index < -0.39 is 51.9 Å². The maximum atomic E-state index is 12.7. The number of aliphatic carboxylic acids is 1. The van der Waals surface area contributed by atoms with E-state index in [1.807, 2.05) is 0 Å². The molecule has 13 nitrogen and oxygen atoms in total. The number of carbonyl (C=O) groups is 4. The first kappa shape index (κ1) is 31.4. The Morgan fingerprint density at radius 1 is 0.973 bits per heavy atom. The highest BCUT2D eigenvalue weighted by Crippen LogP contribution is 2.11. The molecule has 0 bridgehead atoms. The van der Waals surface area contributed by atoms with Crippen LogP contribution >= 0.6 is 0 Å². The van der Waals surface area contributed by atoms with Crippen LogP contribution in [0.15, 0.2) is 24.3 Å². The van der Waals surface area contributed by atoms with Gasteiger partial charge in [0.2, 0.25) is 15.9 Å². The molecule has 1 unspecified atom stereocenters. The van der Waals surface area contributed by atoms with Crippen LogP contribution in [0.5, 0.6) is 0 Å². The highest BCUT2D eigenvalue weighted by atomic mass is 32.2. The molecular weight excluding hydrogens is 504 g/mol. The first-order chi connectivity index (χ1) is 17.3. The molecular formula is C23H34N6O7S. The lowest BCUT2D eigenvalue weighted by molar-refractivity contribution is -0.137. The molecule has 9 N–H and O–H groups in total. The molecule has 0 heterocycles. The van der Waals surface area contributed by atoms with Gasteiger partial charge >= 0.3 is 5.97 Å². The number of nitrogens with one attached hydrogen (secondary N) is 4. The standard InChI is InChI=1S/C23H34N6O7S/c24-20(25)4-2-1-3-17(13-30)28-21(32)11-10-19(31)18(9-12-22(33)34)29-37(35,36)14-15-5-7-16(8-6-15)23(26)27/h5-8,13,17-18,29H,1-4,9-12,14H2,(H3,24,25)(H3,26,27)(H,28,32)(H,33,34)/t17?,18-/m0/s1. The number of rotatable bonds is 19. The molecule has 0 radical (unpaired) electrons. The number of sulfonamides is 1. The fourth-order valence-corrected chi connectivity index (χ4v) is 4.75. The van der Waals surface area contributed by atoms with E-state index in [1.54, 1.807) is 0 Å². The lowest BCUT2D eigenvalue weighted by Crippen LogP contribution is -2.42. The molecule has 0 aromatic heterocycles. The minimum absolute atomic E-state index is 0.0316. The monoisotopic (exact) mass is 538 g/mol. The fraction of sp³-hybridized carbons (Fsp3) is 0.478. The maximum absolute atomic E-state index is 12.7. The smallest absolute Gasteiger partial charge is 0.303 e. The first-order valence-electron chi connectivity index (χ1n) is 11.6. The second kappa shape index (κ2) is 15.5. The minimum atomic E-state index is -4.06. The van der Waals surface area contributed by atoms with Gasteiger partial charge in [-0.1, -0.05) is 30.7 Å². The number of ketones is 1. The van der Waals surface area contributed by atoms with Crippen molar-refractivity contribution < 1.29 is 32.7 Å². The second-order valence-corrected chi connectivity index (χ2v) is 10.3. The molecule has 0 aliphatic heterocycles. The Morgan fingerprint density at radius 3 is 2.16 bits per heavy atom. The summed E-state index contributed by atoms with van der Waals surface area (Å²) in [5, 5.41) is 26.0. The summed E-state index contributed by atoms with van der Waals surface area (Å²) in [6.45, 7) is 0. The predicted octanol–water partition coefficient (Wildman–Crippen LogP) is 0.153. The van der Waals surface area contributed by atoms with Gasteiger partial charge in [0.1, 0.15) is 12.1 Å². The van der Waals surface area contributed by atoms with Gasteiger partial charge in [0.05, 0.1) is 23.7 Å². The third-order valence-electron chi connectivity index (χ3n) is 5.30. The van der Waals surface area contributed by atoms with Gasteiger partial charge in [-0.25, -0.2) is 13.1 Å². The summed E-state index contributed by atoms with van der Waals surface area (Å²) in [5.74, 6) is -3.09. The molecule has 1 aromatic rings. The van der Waals surface area contributed by atoms with Gasteiger partial charge in [0.15, 0.2) is 5.78 Å². The topological polar surface area (TPSA) is 246 Å². The molecule has 0 saturated heterocycles. The molecule has 1 aromatic carbocycles. The van der Waals surface area contributed by atoms with Crippen LogP contribution in [-0.4, -0.2) is 61.2 Å². The van der Waals surface area contributed by atoms with Crippen molar-refractivity contribution in [3.8, 4) is 0 Å². The van der Waals surface area contributed by atoms with Crippen molar-refractivity contribution in [2.24, 2.45) is 11.5 Å². The summed E-state index contributed by atoms with van der Waals surface area (Å²) in [6, 6.07) is 3.78. The van der Waals surface area contributed by atoms with Crippen LogP contribution in [-0.2, 0) is 35.0 Å². The molecule has 14 heteroatoms. The number of nitrogen functional groups attached to an aromatic ring is 1. The number of Topliss-reactive ketones (excluding diaryl/α,β-unsaturated/α-hetero) is 1. The van der Waals surface area contributed by atoms with Crippen molar-refractivity contribution >= 4 is 45.6 Å². The average Bonchev–Trinajstić information content (AvgIpc) is 2.81. The van der Waals surface area contributed by atoms with Gasteiger partial charge in [-0.2, -0.15) is 0 Å². The van der Waals surface area contributed by atoms with Gasteiger partial charge in [0, 0.05) is 31.2 Å². The van der Waals surface area contributed by atoms with Crippen molar-refractivity contribution in [3.05, 3.63) is 35.4 Å². The van der Waals surface area contributed by atoms with Crippen LogP contribution in [0.3, 0.4) is 0 Å². The number of hydrogen-bond donors (Lipinski definition) is 7. The zero-order chi connectivity index (χ0) is 28.0. The largest absolute Gasteiger partial charge is 0.481 e. The van der Waals surface area contributed by atoms with Crippen LogP contribution in [0.4, 0.5) is 0 Å². The molecule has 0 spiro atoms. The van der Waals surface area contributed by atoms with Crippen LogP contribution in [0.1, 0.15) is 62.5 Å². The highest BCUT2D eigenvalue weighted by molar-refractivity contribution is 7.88. The fourth-order valence-electron chi connectivity index (χ4n) is 3.36.